The van der Waals surface area contributed by atoms with E-state index < -0.39 is 0 Å². The van der Waals surface area contributed by atoms with Gasteiger partial charge in [-0.3, -0.25) is 4.79 Å². The average molecular weight is 344 g/mol. The molecule has 1 amide bonds. The van der Waals surface area contributed by atoms with Crippen LogP contribution in [0.15, 0.2) is 30.3 Å². The summed E-state index contributed by atoms with van der Waals surface area (Å²) in [5.41, 5.74) is 0.794. The number of benzene rings is 1. The number of nitrogens with zero attached hydrogens (tertiary/aromatic N) is 3. The van der Waals surface area contributed by atoms with Gasteiger partial charge in [-0.2, -0.15) is 0 Å². The van der Waals surface area contributed by atoms with Crippen LogP contribution in [0.25, 0.3) is 10.6 Å². The van der Waals surface area contributed by atoms with E-state index >= 15 is 0 Å². The molecule has 2 aromatic rings. The summed E-state index contributed by atoms with van der Waals surface area (Å²) in [5.74, 6) is 0.100. The molecule has 0 unspecified atom stereocenters. The standard InChI is InChI=1S/C17H20N4O2S/c22-14-12-17(23-11-8-18-14)6-9-21(10-7-17)16-20-19-15(24-16)13-4-2-1-3-5-13/h1-5H,6-12H2,(H,18,22). The van der Waals surface area contributed by atoms with Crippen LogP contribution in [-0.2, 0) is 9.53 Å². The number of carbonyl (C=O) groups excluding carboxylic acids is 1. The zero-order chi connectivity index (χ0) is 16.4. The summed E-state index contributed by atoms with van der Waals surface area (Å²) in [6.07, 6.45) is 2.16. The molecule has 126 valence electrons. The Morgan fingerprint density at radius 3 is 2.75 bits per heavy atom. The topological polar surface area (TPSA) is 67.4 Å². The first kappa shape index (κ1) is 15.5. The molecule has 3 heterocycles. The van der Waals surface area contributed by atoms with Crippen LogP contribution in [0.5, 0.6) is 0 Å². The predicted octanol–water partition coefficient (Wildman–Crippen LogP) is 2.08. The Morgan fingerprint density at radius 2 is 1.96 bits per heavy atom. The fourth-order valence-corrected chi connectivity index (χ4v) is 4.23. The second-order valence-corrected chi connectivity index (χ2v) is 7.26. The zero-order valence-electron chi connectivity index (χ0n) is 13.4. The number of ether oxygens (including phenoxy) is 1. The lowest BCUT2D eigenvalue weighted by atomic mass is 9.88. The highest BCUT2D eigenvalue weighted by molar-refractivity contribution is 7.18. The van der Waals surface area contributed by atoms with Gasteiger partial charge in [0.1, 0.15) is 5.01 Å². The molecule has 0 bridgehead atoms. The number of nitrogens with one attached hydrogen (secondary N) is 1. The van der Waals surface area contributed by atoms with Crippen molar-refractivity contribution in [3.8, 4) is 10.6 Å². The zero-order valence-corrected chi connectivity index (χ0v) is 14.2. The first-order chi connectivity index (χ1) is 11.7. The predicted molar refractivity (Wildman–Crippen MR) is 93.1 cm³/mol. The van der Waals surface area contributed by atoms with Gasteiger partial charge in [-0.25, -0.2) is 0 Å². The molecule has 2 aliphatic rings. The fourth-order valence-electron chi connectivity index (χ4n) is 3.33. The van der Waals surface area contributed by atoms with Gasteiger partial charge in [0.15, 0.2) is 0 Å². The molecule has 0 radical (unpaired) electrons. The third-order valence-corrected chi connectivity index (χ3v) is 5.73. The minimum absolute atomic E-state index is 0.100. The van der Waals surface area contributed by atoms with Crippen LogP contribution in [0, 0.1) is 0 Å². The van der Waals surface area contributed by atoms with Crippen molar-refractivity contribution in [1.82, 2.24) is 15.5 Å². The quantitative estimate of drug-likeness (QED) is 0.903. The SMILES string of the molecule is O=C1CC2(CCN(c3nnc(-c4ccccc4)s3)CC2)OCCN1. The second kappa shape index (κ2) is 6.49. The highest BCUT2D eigenvalue weighted by atomic mass is 32.1. The van der Waals surface area contributed by atoms with Gasteiger partial charge >= 0.3 is 0 Å². The molecule has 0 aliphatic carbocycles. The van der Waals surface area contributed by atoms with Crippen molar-refractivity contribution in [2.45, 2.75) is 24.9 Å². The Hall–Kier alpha value is -1.99. The van der Waals surface area contributed by atoms with Crippen LogP contribution in [0.3, 0.4) is 0 Å². The van der Waals surface area contributed by atoms with Crippen molar-refractivity contribution in [3.05, 3.63) is 30.3 Å². The van der Waals surface area contributed by atoms with Crippen molar-refractivity contribution >= 4 is 22.4 Å². The minimum atomic E-state index is -0.302. The lowest BCUT2D eigenvalue weighted by Crippen LogP contribution is -2.47. The number of hydrogen-bond acceptors (Lipinski definition) is 6. The molecule has 24 heavy (non-hydrogen) atoms. The second-order valence-electron chi connectivity index (χ2n) is 6.30. The smallest absolute Gasteiger partial charge is 0.222 e. The molecule has 0 atom stereocenters. The van der Waals surface area contributed by atoms with Crippen molar-refractivity contribution in [1.29, 1.82) is 0 Å². The van der Waals surface area contributed by atoms with Gasteiger partial charge in [-0.05, 0) is 12.8 Å². The molecule has 1 N–H and O–H groups in total. The summed E-state index contributed by atoms with van der Waals surface area (Å²) < 4.78 is 6.02. The van der Waals surface area contributed by atoms with E-state index in [1.165, 1.54) is 0 Å². The van der Waals surface area contributed by atoms with Crippen molar-refractivity contribution in [2.24, 2.45) is 0 Å². The third-order valence-electron chi connectivity index (χ3n) is 4.70. The van der Waals surface area contributed by atoms with E-state index in [1.54, 1.807) is 11.3 Å². The van der Waals surface area contributed by atoms with E-state index in [4.69, 9.17) is 4.74 Å². The summed E-state index contributed by atoms with van der Waals surface area (Å²) in [6.45, 7) is 2.90. The maximum atomic E-state index is 11.8. The van der Waals surface area contributed by atoms with Gasteiger partial charge in [0.25, 0.3) is 0 Å². The lowest BCUT2D eigenvalue weighted by molar-refractivity contribution is -0.126. The summed E-state index contributed by atoms with van der Waals surface area (Å²) in [7, 11) is 0. The number of aromatic nitrogens is 2. The molecule has 1 aromatic carbocycles. The van der Waals surface area contributed by atoms with Gasteiger partial charge in [0, 0.05) is 25.2 Å². The van der Waals surface area contributed by atoms with E-state index in [9.17, 15) is 4.79 Å². The molecule has 1 aromatic heterocycles. The van der Waals surface area contributed by atoms with Crippen LogP contribution in [0.2, 0.25) is 0 Å². The van der Waals surface area contributed by atoms with Crippen molar-refractivity contribution < 1.29 is 9.53 Å². The van der Waals surface area contributed by atoms with E-state index in [0.29, 0.717) is 19.6 Å². The Balaban J connectivity index is 1.44. The Kier molecular flexibility index (Phi) is 4.20. The molecule has 1 spiro atoms. The molecule has 6 nitrogen and oxygen atoms in total. The Bertz CT molecular complexity index is 710. The van der Waals surface area contributed by atoms with E-state index in [0.717, 1.165) is 41.6 Å². The lowest BCUT2D eigenvalue weighted by Gasteiger charge is -2.40. The Labute approximate surface area is 144 Å². The largest absolute Gasteiger partial charge is 0.372 e. The van der Waals surface area contributed by atoms with Gasteiger partial charge in [0.05, 0.1) is 18.6 Å². The number of amides is 1. The summed E-state index contributed by atoms with van der Waals surface area (Å²) in [4.78, 5) is 14.1. The van der Waals surface area contributed by atoms with Crippen molar-refractivity contribution in [3.63, 3.8) is 0 Å². The number of piperidine rings is 1. The van der Waals surface area contributed by atoms with Gasteiger partial charge in [-0.1, -0.05) is 41.7 Å². The monoisotopic (exact) mass is 344 g/mol. The number of hydrogen-bond donors (Lipinski definition) is 1. The maximum absolute atomic E-state index is 11.8. The van der Waals surface area contributed by atoms with E-state index in [1.807, 2.05) is 30.3 Å². The molecule has 4 rings (SSSR count). The third kappa shape index (κ3) is 3.14. The molecule has 7 heteroatoms. The Morgan fingerprint density at radius 1 is 1.17 bits per heavy atom. The molecule has 0 saturated carbocycles. The summed E-state index contributed by atoms with van der Waals surface area (Å²) in [5, 5.41) is 13.5. The van der Waals surface area contributed by atoms with Gasteiger partial charge in [0.2, 0.25) is 11.0 Å². The van der Waals surface area contributed by atoms with E-state index in [-0.39, 0.29) is 11.5 Å². The number of carbonyl (C=O) groups is 1. The first-order valence-electron chi connectivity index (χ1n) is 8.29. The van der Waals surface area contributed by atoms with Crippen LogP contribution in [-0.4, -0.2) is 47.9 Å². The molecular weight excluding hydrogens is 324 g/mol. The molecule has 2 saturated heterocycles. The number of anilines is 1. The number of rotatable bonds is 2. The fraction of sp³-hybridized carbons (Fsp3) is 0.471. The van der Waals surface area contributed by atoms with Crippen LogP contribution in [0.1, 0.15) is 19.3 Å². The van der Waals surface area contributed by atoms with Crippen LogP contribution >= 0.6 is 11.3 Å². The molecule has 2 aliphatic heterocycles. The highest BCUT2D eigenvalue weighted by Gasteiger charge is 2.39. The van der Waals surface area contributed by atoms with Crippen molar-refractivity contribution in [2.75, 3.05) is 31.1 Å². The maximum Gasteiger partial charge on any atom is 0.222 e. The molecule has 2 fully saturated rings. The van der Waals surface area contributed by atoms with Gasteiger partial charge in [-0.15, -0.1) is 10.2 Å². The summed E-state index contributed by atoms with van der Waals surface area (Å²) >= 11 is 1.62. The normalized spacial score (nSPS) is 20.7. The highest BCUT2D eigenvalue weighted by Crippen LogP contribution is 2.35. The summed E-state index contributed by atoms with van der Waals surface area (Å²) in [6, 6.07) is 10.1. The van der Waals surface area contributed by atoms with Crippen LogP contribution < -0.4 is 10.2 Å². The van der Waals surface area contributed by atoms with Crippen LogP contribution in [0.4, 0.5) is 5.13 Å². The first-order valence-corrected chi connectivity index (χ1v) is 9.10. The average Bonchev–Trinajstić information content (AvgIpc) is 3.03. The van der Waals surface area contributed by atoms with Gasteiger partial charge < -0.3 is 15.0 Å². The minimum Gasteiger partial charge on any atom is -0.372 e. The molecular formula is C17H20N4O2S. The van der Waals surface area contributed by atoms with E-state index in [2.05, 4.69) is 20.4 Å².